The lowest BCUT2D eigenvalue weighted by Crippen LogP contribution is -2.17. The Morgan fingerprint density at radius 2 is 2.32 bits per heavy atom. The van der Waals surface area contributed by atoms with Crippen molar-refractivity contribution >= 4 is 44.9 Å². The van der Waals surface area contributed by atoms with Crippen molar-refractivity contribution in [3.63, 3.8) is 0 Å². The Hall–Kier alpha value is -1.85. The molecule has 6 heteroatoms. The molecule has 1 N–H and O–H groups in total. The van der Waals surface area contributed by atoms with Crippen LogP contribution >= 0.6 is 22.9 Å². The molecule has 3 rings (SSSR count). The van der Waals surface area contributed by atoms with E-state index in [1.165, 1.54) is 11.3 Å². The van der Waals surface area contributed by atoms with Crippen molar-refractivity contribution in [2.24, 2.45) is 0 Å². The molecule has 0 fully saturated rings. The quantitative estimate of drug-likeness (QED) is 0.804. The zero-order valence-corrected chi connectivity index (χ0v) is 11.4. The smallest absolute Gasteiger partial charge is 0.246 e. The highest BCUT2D eigenvalue weighted by Crippen LogP contribution is 2.20. The number of anilines is 1. The first-order chi connectivity index (χ1) is 9.22. The zero-order valence-electron chi connectivity index (χ0n) is 9.84. The Morgan fingerprint density at radius 3 is 3.11 bits per heavy atom. The number of hydrogen-bond donors (Lipinski definition) is 1. The Bertz CT molecular complexity index is 721. The van der Waals surface area contributed by atoms with E-state index in [2.05, 4.69) is 10.3 Å². The molecular formula is C13H10ClN3OS. The molecule has 1 amide bonds. The van der Waals surface area contributed by atoms with E-state index in [1.54, 1.807) is 6.20 Å². The first-order valence-corrected chi connectivity index (χ1v) is 6.92. The van der Waals surface area contributed by atoms with Gasteiger partial charge in [0.15, 0.2) is 5.13 Å². The van der Waals surface area contributed by atoms with Gasteiger partial charge in [0, 0.05) is 28.3 Å². The third-order valence-corrected chi connectivity index (χ3v) is 3.65. The van der Waals surface area contributed by atoms with Crippen LogP contribution in [0.15, 0.2) is 42.0 Å². The number of thiazole rings is 1. The summed E-state index contributed by atoms with van der Waals surface area (Å²) in [5.74, 6) is -0.104. The van der Waals surface area contributed by atoms with Gasteiger partial charge in [-0.3, -0.25) is 4.79 Å². The largest absolute Gasteiger partial charge is 0.338 e. The van der Waals surface area contributed by atoms with E-state index >= 15 is 0 Å². The van der Waals surface area contributed by atoms with Crippen LogP contribution in [0, 0.1) is 0 Å². The summed E-state index contributed by atoms with van der Waals surface area (Å²) in [4.78, 5) is 15.9. The van der Waals surface area contributed by atoms with Crippen molar-refractivity contribution in [1.82, 2.24) is 9.55 Å². The van der Waals surface area contributed by atoms with Gasteiger partial charge in [0.1, 0.15) is 6.54 Å². The van der Waals surface area contributed by atoms with Gasteiger partial charge in [-0.15, -0.1) is 11.3 Å². The summed E-state index contributed by atoms with van der Waals surface area (Å²) < 4.78 is 1.87. The lowest BCUT2D eigenvalue weighted by molar-refractivity contribution is -0.116. The summed E-state index contributed by atoms with van der Waals surface area (Å²) in [6.45, 7) is 0.240. The summed E-state index contributed by atoms with van der Waals surface area (Å²) in [6.07, 6.45) is 3.54. The second-order valence-electron chi connectivity index (χ2n) is 4.03. The van der Waals surface area contributed by atoms with Crippen LogP contribution in [-0.2, 0) is 11.3 Å². The molecule has 0 spiro atoms. The molecule has 0 radical (unpaired) electrons. The number of amides is 1. The summed E-state index contributed by atoms with van der Waals surface area (Å²) >= 11 is 7.37. The average molecular weight is 292 g/mol. The molecule has 0 saturated heterocycles. The maximum Gasteiger partial charge on any atom is 0.246 e. The third-order valence-electron chi connectivity index (χ3n) is 2.73. The number of rotatable bonds is 3. The van der Waals surface area contributed by atoms with Crippen LogP contribution in [0.3, 0.4) is 0 Å². The predicted octanol–water partition coefficient (Wildman–Crippen LogP) is 3.39. The van der Waals surface area contributed by atoms with E-state index < -0.39 is 0 Å². The standard InChI is InChI=1S/C13H10ClN3OS/c14-10-2-1-9-3-5-17(11(9)7-10)8-12(18)16-13-15-4-6-19-13/h1-7H,8H2,(H,15,16,18). The molecule has 0 saturated carbocycles. The van der Waals surface area contributed by atoms with Gasteiger partial charge in [-0.2, -0.15) is 0 Å². The van der Waals surface area contributed by atoms with Crippen LogP contribution in [0.5, 0.6) is 0 Å². The highest BCUT2D eigenvalue weighted by Gasteiger charge is 2.08. The number of fused-ring (bicyclic) bond motifs is 1. The minimum absolute atomic E-state index is 0.104. The predicted molar refractivity (Wildman–Crippen MR) is 77.7 cm³/mol. The molecule has 3 aromatic rings. The molecule has 1 aromatic carbocycles. The molecule has 0 aliphatic rings. The number of carbonyl (C=O) groups excluding carboxylic acids is 1. The number of nitrogens with one attached hydrogen (secondary N) is 1. The van der Waals surface area contributed by atoms with E-state index in [-0.39, 0.29) is 12.5 Å². The van der Waals surface area contributed by atoms with E-state index in [9.17, 15) is 4.79 Å². The van der Waals surface area contributed by atoms with Crippen molar-refractivity contribution < 1.29 is 4.79 Å². The van der Waals surface area contributed by atoms with Crippen LogP contribution < -0.4 is 5.32 Å². The lowest BCUT2D eigenvalue weighted by Gasteiger charge is -2.05. The van der Waals surface area contributed by atoms with Crippen molar-refractivity contribution in [2.45, 2.75) is 6.54 Å². The Morgan fingerprint density at radius 1 is 1.42 bits per heavy atom. The van der Waals surface area contributed by atoms with Crippen LogP contribution in [-0.4, -0.2) is 15.5 Å². The van der Waals surface area contributed by atoms with Gasteiger partial charge in [-0.05, 0) is 23.6 Å². The van der Waals surface area contributed by atoms with Crippen molar-refractivity contribution in [2.75, 3.05) is 5.32 Å². The fraction of sp³-hybridized carbons (Fsp3) is 0.0769. The number of hydrogen-bond acceptors (Lipinski definition) is 3. The zero-order chi connectivity index (χ0) is 13.2. The van der Waals surface area contributed by atoms with Gasteiger partial charge in [-0.1, -0.05) is 17.7 Å². The topological polar surface area (TPSA) is 46.9 Å². The number of nitrogens with zero attached hydrogens (tertiary/aromatic N) is 2. The van der Waals surface area contributed by atoms with Gasteiger partial charge < -0.3 is 9.88 Å². The van der Waals surface area contributed by atoms with Gasteiger partial charge in [-0.25, -0.2) is 4.98 Å². The van der Waals surface area contributed by atoms with Crippen LogP contribution in [0.2, 0.25) is 5.02 Å². The Labute approximate surface area is 118 Å². The fourth-order valence-electron chi connectivity index (χ4n) is 1.89. The third kappa shape index (κ3) is 2.62. The van der Waals surface area contributed by atoms with Crippen molar-refractivity contribution in [3.05, 3.63) is 47.1 Å². The summed E-state index contributed by atoms with van der Waals surface area (Å²) in [5, 5.41) is 6.91. The summed E-state index contributed by atoms with van der Waals surface area (Å²) in [7, 11) is 0. The molecule has 4 nitrogen and oxygen atoms in total. The lowest BCUT2D eigenvalue weighted by atomic mass is 10.2. The SMILES string of the molecule is O=C(Cn1ccc2ccc(Cl)cc21)Nc1nccs1. The van der Waals surface area contributed by atoms with Crippen LogP contribution in [0.1, 0.15) is 0 Å². The molecule has 0 aliphatic carbocycles. The first-order valence-electron chi connectivity index (χ1n) is 5.66. The molecule has 0 aliphatic heterocycles. The average Bonchev–Trinajstić information content (AvgIpc) is 3.00. The molecular weight excluding hydrogens is 282 g/mol. The van der Waals surface area contributed by atoms with E-state index in [0.717, 1.165) is 10.9 Å². The minimum atomic E-state index is -0.104. The van der Waals surface area contributed by atoms with E-state index in [4.69, 9.17) is 11.6 Å². The first kappa shape index (κ1) is 12.2. The maximum absolute atomic E-state index is 11.9. The normalized spacial score (nSPS) is 10.8. The van der Waals surface area contributed by atoms with E-state index in [1.807, 2.05) is 40.4 Å². The number of halogens is 1. The number of aromatic nitrogens is 2. The van der Waals surface area contributed by atoms with Crippen LogP contribution in [0.25, 0.3) is 10.9 Å². The monoisotopic (exact) mass is 291 g/mol. The summed E-state index contributed by atoms with van der Waals surface area (Å²) in [6, 6.07) is 7.59. The molecule has 2 aromatic heterocycles. The molecule has 0 unspecified atom stereocenters. The van der Waals surface area contributed by atoms with Crippen molar-refractivity contribution in [1.29, 1.82) is 0 Å². The highest BCUT2D eigenvalue weighted by molar-refractivity contribution is 7.13. The second kappa shape index (κ2) is 5.03. The fourth-order valence-corrected chi connectivity index (χ4v) is 2.61. The minimum Gasteiger partial charge on any atom is -0.338 e. The molecule has 0 bridgehead atoms. The molecule has 96 valence electrons. The molecule has 0 atom stereocenters. The van der Waals surface area contributed by atoms with Gasteiger partial charge in [0.25, 0.3) is 0 Å². The number of benzene rings is 1. The maximum atomic E-state index is 11.9. The summed E-state index contributed by atoms with van der Waals surface area (Å²) in [5.41, 5.74) is 0.946. The van der Waals surface area contributed by atoms with Crippen LogP contribution in [0.4, 0.5) is 5.13 Å². The Balaban J connectivity index is 1.81. The second-order valence-corrected chi connectivity index (χ2v) is 5.36. The molecule has 2 heterocycles. The van der Waals surface area contributed by atoms with E-state index in [0.29, 0.717) is 10.2 Å². The van der Waals surface area contributed by atoms with Gasteiger partial charge in [0.2, 0.25) is 5.91 Å². The van der Waals surface area contributed by atoms with Gasteiger partial charge in [0.05, 0.1) is 0 Å². The number of carbonyl (C=O) groups is 1. The molecule has 19 heavy (non-hydrogen) atoms. The van der Waals surface area contributed by atoms with Gasteiger partial charge >= 0.3 is 0 Å². The van der Waals surface area contributed by atoms with Crippen molar-refractivity contribution in [3.8, 4) is 0 Å². The Kier molecular flexibility index (Phi) is 3.23. The highest BCUT2D eigenvalue weighted by atomic mass is 35.5.